The number of carbonyl (C=O) groups is 1. The SMILES string of the molecule is Cc1ccc(N2CCNC(=O)C2)cc1C1CC1. The predicted molar refractivity (Wildman–Crippen MR) is 68.4 cm³/mol. The average Bonchev–Trinajstić information content (AvgIpc) is 3.14. The topological polar surface area (TPSA) is 32.3 Å². The van der Waals surface area contributed by atoms with Gasteiger partial charge in [-0.2, -0.15) is 0 Å². The first-order valence-electron chi connectivity index (χ1n) is 6.36. The summed E-state index contributed by atoms with van der Waals surface area (Å²) in [6, 6.07) is 6.61. The lowest BCUT2D eigenvalue weighted by molar-refractivity contribution is -0.120. The molecule has 1 aliphatic heterocycles. The maximum Gasteiger partial charge on any atom is 0.239 e. The predicted octanol–water partition coefficient (Wildman–Crippen LogP) is 1.81. The number of anilines is 1. The summed E-state index contributed by atoms with van der Waals surface area (Å²) >= 11 is 0. The summed E-state index contributed by atoms with van der Waals surface area (Å²) < 4.78 is 0. The van der Waals surface area contributed by atoms with Gasteiger partial charge in [0.15, 0.2) is 0 Å². The van der Waals surface area contributed by atoms with Gasteiger partial charge >= 0.3 is 0 Å². The monoisotopic (exact) mass is 230 g/mol. The van der Waals surface area contributed by atoms with Crippen LogP contribution in [0.2, 0.25) is 0 Å². The second kappa shape index (κ2) is 4.06. The number of aryl methyl sites for hydroxylation is 1. The van der Waals surface area contributed by atoms with E-state index in [0.29, 0.717) is 6.54 Å². The molecule has 1 heterocycles. The van der Waals surface area contributed by atoms with Crippen LogP contribution in [-0.2, 0) is 4.79 Å². The molecular weight excluding hydrogens is 212 g/mol. The van der Waals surface area contributed by atoms with E-state index in [0.717, 1.165) is 19.0 Å². The fourth-order valence-corrected chi connectivity index (χ4v) is 2.52. The molecule has 1 aromatic rings. The van der Waals surface area contributed by atoms with Gasteiger partial charge in [0.2, 0.25) is 5.91 Å². The van der Waals surface area contributed by atoms with E-state index in [-0.39, 0.29) is 5.91 Å². The van der Waals surface area contributed by atoms with Crippen molar-refractivity contribution in [3.8, 4) is 0 Å². The van der Waals surface area contributed by atoms with E-state index >= 15 is 0 Å². The van der Waals surface area contributed by atoms with Crippen LogP contribution in [0.3, 0.4) is 0 Å². The molecule has 1 aliphatic carbocycles. The van der Waals surface area contributed by atoms with Crippen LogP contribution in [0.4, 0.5) is 5.69 Å². The Morgan fingerprint density at radius 3 is 2.88 bits per heavy atom. The molecule has 3 nitrogen and oxygen atoms in total. The Kier molecular flexibility index (Phi) is 2.54. The smallest absolute Gasteiger partial charge is 0.239 e. The summed E-state index contributed by atoms with van der Waals surface area (Å²) in [6.45, 7) is 4.35. The minimum absolute atomic E-state index is 0.129. The van der Waals surface area contributed by atoms with Crippen molar-refractivity contribution in [2.45, 2.75) is 25.7 Å². The summed E-state index contributed by atoms with van der Waals surface area (Å²) in [4.78, 5) is 13.6. The number of nitrogens with one attached hydrogen (secondary N) is 1. The molecule has 3 heteroatoms. The number of hydrogen-bond acceptors (Lipinski definition) is 2. The number of rotatable bonds is 2. The van der Waals surface area contributed by atoms with E-state index in [1.165, 1.54) is 29.7 Å². The standard InChI is InChI=1S/C14H18N2O/c1-10-2-5-12(8-13(10)11-3-4-11)16-7-6-15-14(17)9-16/h2,5,8,11H,3-4,6-7,9H2,1H3,(H,15,17). The van der Waals surface area contributed by atoms with Crippen molar-refractivity contribution >= 4 is 11.6 Å². The van der Waals surface area contributed by atoms with E-state index in [1.807, 2.05) is 0 Å². The molecule has 3 rings (SSSR count). The Hall–Kier alpha value is -1.51. The number of carbonyl (C=O) groups excluding carboxylic acids is 1. The Balaban J connectivity index is 1.86. The van der Waals surface area contributed by atoms with Crippen molar-refractivity contribution < 1.29 is 4.79 Å². The summed E-state index contributed by atoms with van der Waals surface area (Å²) in [5, 5.41) is 2.86. The summed E-state index contributed by atoms with van der Waals surface area (Å²) in [5.41, 5.74) is 4.07. The molecule has 2 fully saturated rings. The quantitative estimate of drug-likeness (QED) is 0.840. The highest BCUT2D eigenvalue weighted by Gasteiger charge is 2.26. The fourth-order valence-electron chi connectivity index (χ4n) is 2.52. The molecule has 17 heavy (non-hydrogen) atoms. The molecule has 1 amide bonds. The molecule has 1 saturated carbocycles. The Bertz CT molecular complexity index is 452. The number of amides is 1. The van der Waals surface area contributed by atoms with Crippen LogP contribution in [0.25, 0.3) is 0 Å². The van der Waals surface area contributed by atoms with Crippen LogP contribution in [0.5, 0.6) is 0 Å². The summed E-state index contributed by atoms with van der Waals surface area (Å²) in [5.74, 6) is 0.901. The molecule has 1 N–H and O–H groups in total. The van der Waals surface area contributed by atoms with Gasteiger partial charge in [0.05, 0.1) is 6.54 Å². The molecule has 2 aliphatic rings. The molecule has 0 spiro atoms. The van der Waals surface area contributed by atoms with Crippen molar-refractivity contribution in [3.63, 3.8) is 0 Å². The number of piperazine rings is 1. The first kappa shape index (κ1) is 10.6. The lowest BCUT2D eigenvalue weighted by Crippen LogP contribution is -2.47. The highest BCUT2D eigenvalue weighted by molar-refractivity contribution is 5.82. The zero-order valence-electron chi connectivity index (χ0n) is 10.2. The van der Waals surface area contributed by atoms with Crippen molar-refractivity contribution in [3.05, 3.63) is 29.3 Å². The third-order valence-corrected chi connectivity index (χ3v) is 3.68. The van der Waals surface area contributed by atoms with Crippen LogP contribution >= 0.6 is 0 Å². The third kappa shape index (κ3) is 2.14. The molecule has 1 aromatic carbocycles. The molecule has 0 radical (unpaired) electrons. The van der Waals surface area contributed by atoms with Crippen LogP contribution < -0.4 is 10.2 Å². The van der Waals surface area contributed by atoms with Gasteiger partial charge in [0.1, 0.15) is 0 Å². The molecule has 0 unspecified atom stereocenters. The number of nitrogens with zero attached hydrogens (tertiary/aromatic N) is 1. The molecule has 0 bridgehead atoms. The lowest BCUT2D eigenvalue weighted by Gasteiger charge is -2.29. The normalized spacial score (nSPS) is 20.3. The van der Waals surface area contributed by atoms with E-state index in [9.17, 15) is 4.79 Å². The molecule has 0 aromatic heterocycles. The highest BCUT2D eigenvalue weighted by atomic mass is 16.2. The van der Waals surface area contributed by atoms with Gasteiger partial charge in [0, 0.05) is 18.8 Å². The van der Waals surface area contributed by atoms with Crippen LogP contribution in [0, 0.1) is 6.92 Å². The molecule has 1 saturated heterocycles. The van der Waals surface area contributed by atoms with Gasteiger partial charge in [0.25, 0.3) is 0 Å². The Morgan fingerprint density at radius 2 is 2.18 bits per heavy atom. The van der Waals surface area contributed by atoms with Crippen LogP contribution in [0.1, 0.15) is 29.9 Å². The van der Waals surface area contributed by atoms with Gasteiger partial charge in [-0.3, -0.25) is 4.79 Å². The minimum atomic E-state index is 0.129. The fraction of sp³-hybridized carbons (Fsp3) is 0.500. The van der Waals surface area contributed by atoms with Gasteiger partial charge < -0.3 is 10.2 Å². The number of benzene rings is 1. The Morgan fingerprint density at radius 1 is 1.35 bits per heavy atom. The first-order chi connectivity index (χ1) is 8.24. The van der Waals surface area contributed by atoms with E-state index in [1.54, 1.807) is 0 Å². The largest absolute Gasteiger partial charge is 0.360 e. The zero-order chi connectivity index (χ0) is 11.8. The van der Waals surface area contributed by atoms with E-state index in [4.69, 9.17) is 0 Å². The van der Waals surface area contributed by atoms with Crippen molar-refractivity contribution in [2.24, 2.45) is 0 Å². The Labute approximate surface area is 102 Å². The first-order valence-corrected chi connectivity index (χ1v) is 6.36. The number of hydrogen-bond donors (Lipinski definition) is 1. The van der Waals surface area contributed by atoms with Gasteiger partial charge in [-0.1, -0.05) is 6.07 Å². The average molecular weight is 230 g/mol. The van der Waals surface area contributed by atoms with Crippen molar-refractivity contribution in [1.82, 2.24) is 5.32 Å². The van der Waals surface area contributed by atoms with Gasteiger partial charge in [-0.15, -0.1) is 0 Å². The highest BCUT2D eigenvalue weighted by Crippen LogP contribution is 2.42. The van der Waals surface area contributed by atoms with Crippen LogP contribution in [-0.4, -0.2) is 25.5 Å². The van der Waals surface area contributed by atoms with Gasteiger partial charge in [-0.05, 0) is 48.9 Å². The summed E-state index contributed by atoms with van der Waals surface area (Å²) in [6.07, 6.45) is 2.65. The molecule has 0 atom stereocenters. The summed E-state index contributed by atoms with van der Waals surface area (Å²) in [7, 11) is 0. The van der Waals surface area contributed by atoms with Crippen molar-refractivity contribution in [1.29, 1.82) is 0 Å². The zero-order valence-corrected chi connectivity index (χ0v) is 10.2. The van der Waals surface area contributed by atoms with Crippen molar-refractivity contribution in [2.75, 3.05) is 24.5 Å². The minimum Gasteiger partial charge on any atom is -0.360 e. The second-order valence-corrected chi connectivity index (χ2v) is 5.09. The van der Waals surface area contributed by atoms with Crippen LogP contribution in [0.15, 0.2) is 18.2 Å². The van der Waals surface area contributed by atoms with E-state index in [2.05, 4.69) is 35.3 Å². The second-order valence-electron chi connectivity index (χ2n) is 5.09. The molecular formula is C14H18N2O. The maximum absolute atomic E-state index is 11.4. The lowest BCUT2D eigenvalue weighted by atomic mass is 10.0. The van der Waals surface area contributed by atoms with E-state index < -0.39 is 0 Å². The molecule has 90 valence electrons. The maximum atomic E-state index is 11.4. The third-order valence-electron chi connectivity index (χ3n) is 3.68. The van der Waals surface area contributed by atoms with Gasteiger partial charge in [-0.25, -0.2) is 0 Å².